The van der Waals surface area contributed by atoms with E-state index < -0.39 is 0 Å². The molecule has 0 aliphatic heterocycles. The average Bonchev–Trinajstić information content (AvgIpc) is 1.88. The summed E-state index contributed by atoms with van der Waals surface area (Å²) in [5, 5.41) is 0. The third-order valence-electron chi connectivity index (χ3n) is 2.21. The highest BCUT2D eigenvalue weighted by Gasteiger charge is 2.14. The van der Waals surface area contributed by atoms with E-state index >= 15 is 0 Å². The molecule has 0 saturated carbocycles. The summed E-state index contributed by atoms with van der Waals surface area (Å²) in [6, 6.07) is 0.322. The first-order chi connectivity index (χ1) is 5.13. The maximum atomic E-state index is 5.98. The summed E-state index contributed by atoms with van der Waals surface area (Å²) in [6.07, 6.45) is 3.41. The molecule has 2 N–H and O–H groups in total. The van der Waals surface area contributed by atoms with E-state index in [0.717, 1.165) is 12.8 Å². The molecule has 1 nitrogen and oxygen atoms in total. The van der Waals surface area contributed by atoms with Crippen molar-refractivity contribution in [3.8, 4) is 0 Å². The topological polar surface area (TPSA) is 26.0 Å². The second kappa shape index (κ2) is 5.36. The molecule has 66 valence electrons. The highest BCUT2D eigenvalue weighted by Crippen LogP contribution is 2.18. The second-order valence-electron chi connectivity index (χ2n) is 3.31. The highest BCUT2D eigenvalue weighted by atomic mass is 14.6. The van der Waals surface area contributed by atoms with Crippen molar-refractivity contribution in [1.82, 2.24) is 0 Å². The Labute approximate surface area is 70.7 Å². The summed E-state index contributed by atoms with van der Waals surface area (Å²) in [4.78, 5) is 0. The minimum atomic E-state index is 0.322. The Morgan fingerprint density at radius 2 is 2.00 bits per heavy atom. The van der Waals surface area contributed by atoms with Crippen LogP contribution in [0, 0.1) is 5.92 Å². The number of rotatable bonds is 5. The lowest BCUT2D eigenvalue weighted by atomic mass is 9.89. The van der Waals surface area contributed by atoms with Crippen molar-refractivity contribution in [2.45, 2.75) is 46.1 Å². The molecule has 11 heavy (non-hydrogen) atoms. The van der Waals surface area contributed by atoms with Gasteiger partial charge >= 0.3 is 0 Å². The molecule has 0 aliphatic rings. The largest absolute Gasteiger partial charge is 0.327 e. The zero-order valence-corrected chi connectivity index (χ0v) is 8.06. The van der Waals surface area contributed by atoms with Crippen LogP contribution in [-0.4, -0.2) is 6.04 Å². The maximum absolute atomic E-state index is 5.98. The molecule has 0 amide bonds. The predicted octanol–water partition coefficient (Wildman–Crippen LogP) is 2.72. The van der Waals surface area contributed by atoms with Crippen molar-refractivity contribution in [1.29, 1.82) is 0 Å². The Balaban J connectivity index is 3.91. The average molecular weight is 155 g/mol. The van der Waals surface area contributed by atoms with Crippen LogP contribution in [0.5, 0.6) is 0 Å². The van der Waals surface area contributed by atoms with Crippen molar-refractivity contribution in [2.24, 2.45) is 11.7 Å². The predicted molar refractivity (Wildman–Crippen MR) is 51.5 cm³/mol. The first-order valence-electron chi connectivity index (χ1n) is 4.54. The van der Waals surface area contributed by atoms with E-state index in [1.807, 2.05) is 0 Å². The van der Waals surface area contributed by atoms with Crippen molar-refractivity contribution < 1.29 is 0 Å². The lowest BCUT2D eigenvalue weighted by Crippen LogP contribution is -2.29. The van der Waals surface area contributed by atoms with Crippen molar-refractivity contribution in [3.05, 3.63) is 12.2 Å². The number of hydrogen-bond donors (Lipinski definition) is 1. The van der Waals surface area contributed by atoms with E-state index in [0.29, 0.717) is 12.0 Å². The smallest absolute Gasteiger partial charge is 0.0104 e. The molecule has 0 heterocycles. The summed E-state index contributed by atoms with van der Waals surface area (Å²) >= 11 is 0. The Morgan fingerprint density at radius 1 is 1.45 bits per heavy atom. The number of nitrogens with two attached hydrogens (primary N) is 1. The quantitative estimate of drug-likeness (QED) is 0.607. The molecule has 0 rings (SSSR count). The Bertz CT molecular complexity index is 118. The van der Waals surface area contributed by atoms with Crippen LogP contribution in [0.2, 0.25) is 0 Å². The third kappa shape index (κ3) is 3.57. The fraction of sp³-hybridized carbons (Fsp3) is 0.800. The maximum Gasteiger partial charge on any atom is 0.0104 e. The monoisotopic (exact) mass is 155 g/mol. The summed E-state index contributed by atoms with van der Waals surface area (Å²) in [5.74, 6) is 0.523. The van der Waals surface area contributed by atoms with Crippen LogP contribution < -0.4 is 5.73 Å². The van der Waals surface area contributed by atoms with Crippen molar-refractivity contribution in [2.75, 3.05) is 0 Å². The summed E-state index contributed by atoms with van der Waals surface area (Å²) < 4.78 is 0. The van der Waals surface area contributed by atoms with Gasteiger partial charge in [0.25, 0.3) is 0 Å². The third-order valence-corrected chi connectivity index (χ3v) is 2.21. The highest BCUT2D eigenvalue weighted by molar-refractivity contribution is 4.99. The molecule has 0 radical (unpaired) electrons. The van der Waals surface area contributed by atoms with E-state index in [9.17, 15) is 0 Å². The van der Waals surface area contributed by atoms with Crippen LogP contribution in [-0.2, 0) is 0 Å². The lowest BCUT2D eigenvalue weighted by molar-refractivity contribution is 0.438. The Kier molecular flexibility index (Phi) is 5.22. The summed E-state index contributed by atoms with van der Waals surface area (Å²) in [7, 11) is 0. The lowest BCUT2D eigenvalue weighted by Gasteiger charge is -2.22. The van der Waals surface area contributed by atoms with Gasteiger partial charge in [0.2, 0.25) is 0 Å². The van der Waals surface area contributed by atoms with Crippen LogP contribution in [0.3, 0.4) is 0 Å². The minimum absolute atomic E-state index is 0.322. The van der Waals surface area contributed by atoms with Gasteiger partial charge in [-0.3, -0.25) is 0 Å². The molecular weight excluding hydrogens is 134 g/mol. The van der Waals surface area contributed by atoms with Crippen molar-refractivity contribution >= 4 is 0 Å². The zero-order valence-electron chi connectivity index (χ0n) is 8.06. The van der Waals surface area contributed by atoms with E-state index in [1.54, 1.807) is 0 Å². The van der Waals surface area contributed by atoms with Gasteiger partial charge in [0.1, 0.15) is 0 Å². The van der Waals surface area contributed by atoms with Gasteiger partial charge in [0.05, 0.1) is 0 Å². The zero-order chi connectivity index (χ0) is 8.85. The van der Waals surface area contributed by atoms with Gasteiger partial charge in [-0.05, 0) is 25.7 Å². The molecule has 2 unspecified atom stereocenters. The normalized spacial score (nSPS) is 16.0. The van der Waals surface area contributed by atoms with Crippen LogP contribution >= 0.6 is 0 Å². The van der Waals surface area contributed by atoms with E-state index in [4.69, 9.17) is 5.73 Å². The number of hydrogen-bond acceptors (Lipinski definition) is 1. The van der Waals surface area contributed by atoms with E-state index in [2.05, 4.69) is 27.4 Å². The second-order valence-corrected chi connectivity index (χ2v) is 3.31. The Morgan fingerprint density at radius 3 is 2.27 bits per heavy atom. The first-order valence-corrected chi connectivity index (χ1v) is 4.54. The van der Waals surface area contributed by atoms with Crippen molar-refractivity contribution in [3.63, 3.8) is 0 Å². The standard InChI is InChI=1S/C10H21N/c1-5-7-10(11)9(6-2)8(3)4/h9-10H,3,5-7,11H2,1-2,4H3. The van der Waals surface area contributed by atoms with Gasteiger partial charge in [0.15, 0.2) is 0 Å². The van der Waals surface area contributed by atoms with E-state index in [-0.39, 0.29) is 0 Å². The van der Waals surface area contributed by atoms with E-state index in [1.165, 1.54) is 12.0 Å². The molecule has 1 heteroatoms. The van der Waals surface area contributed by atoms with Crippen LogP contribution in [0.1, 0.15) is 40.0 Å². The molecule has 0 aromatic heterocycles. The molecule has 0 aliphatic carbocycles. The van der Waals surface area contributed by atoms with Gasteiger partial charge in [-0.25, -0.2) is 0 Å². The van der Waals surface area contributed by atoms with Crippen LogP contribution in [0.25, 0.3) is 0 Å². The molecule has 0 fully saturated rings. The SMILES string of the molecule is C=C(C)C(CC)C(N)CCC. The van der Waals surface area contributed by atoms with Gasteiger partial charge in [-0.2, -0.15) is 0 Å². The van der Waals surface area contributed by atoms with Gasteiger partial charge in [-0.1, -0.05) is 32.4 Å². The van der Waals surface area contributed by atoms with Gasteiger partial charge in [-0.15, -0.1) is 0 Å². The molecule has 2 atom stereocenters. The fourth-order valence-corrected chi connectivity index (χ4v) is 1.55. The minimum Gasteiger partial charge on any atom is -0.327 e. The fourth-order valence-electron chi connectivity index (χ4n) is 1.55. The first kappa shape index (κ1) is 10.7. The van der Waals surface area contributed by atoms with Gasteiger partial charge in [0, 0.05) is 6.04 Å². The molecule has 0 aromatic carbocycles. The summed E-state index contributed by atoms with van der Waals surface area (Å²) in [6.45, 7) is 10.4. The van der Waals surface area contributed by atoms with Crippen LogP contribution in [0.4, 0.5) is 0 Å². The molecule has 0 bridgehead atoms. The Hall–Kier alpha value is -0.300. The molecule has 0 aromatic rings. The summed E-state index contributed by atoms with van der Waals surface area (Å²) in [5.41, 5.74) is 7.21. The molecule has 0 saturated heterocycles. The molecule has 0 spiro atoms. The van der Waals surface area contributed by atoms with Gasteiger partial charge < -0.3 is 5.73 Å². The van der Waals surface area contributed by atoms with Crippen LogP contribution in [0.15, 0.2) is 12.2 Å². The molecular formula is C10H21N.